The van der Waals surface area contributed by atoms with Crippen molar-refractivity contribution in [3.63, 3.8) is 0 Å². The number of amides is 1. The molecule has 1 amide bonds. The first-order valence-electron chi connectivity index (χ1n) is 7.69. The van der Waals surface area contributed by atoms with Crippen molar-refractivity contribution in [1.82, 2.24) is 15.3 Å². The molecule has 0 atom stereocenters. The highest BCUT2D eigenvalue weighted by Crippen LogP contribution is 2.23. The molecule has 0 radical (unpaired) electrons. The van der Waals surface area contributed by atoms with Crippen LogP contribution in [0.15, 0.2) is 42.9 Å². The summed E-state index contributed by atoms with van der Waals surface area (Å²) >= 11 is 0. The number of carbonyl (C=O) groups is 1. The molecule has 5 heteroatoms. The van der Waals surface area contributed by atoms with Crippen LogP contribution in [0.25, 0.3) is 0 Å². The van der Waals surface area contributed by atoms with Crippen molar-refractivity contribution in [3.05, 3.63) is 54.0 Å². The van der Waals surface area contributed by atoms with Crippen molar-refractivity contribution in [2.24, 2.45) is 0 Å². The summed E-state index contributed by atoms with van der Waals surface area (Å²) in [6.07, 6.45) is 4.87. The quantitative estimate of drug-likeness (QED) is 0.889. The van der Waals surface area contributed by atoms with Crippen molar-refractivity contribution in [1.29, 1.82) is 0 Å². The van der Waals surface area contributed by atoms with E-state index < -0.39 is 0 Å². The Labute approximate surface area is 137 Å². The molecule has 122 valence electrons. The zero-order valence-electron chi connectivity index (χ0n) is 14.2. The maximum absolute atomic E-state index is 12.2. The summed E-state index contributed by atoms with van der Waals surface area (Å²) in [6, 6.07) is 8.40. The van der Waals surface area contributed by atoms with Gasteiger partial charge in [-0.25, -0.2) is 4.98 Å². The molecule has 0 aliphatic heterocycles. The lowest BCUT2D eigenvalue weighted by Gasteiger charge is -2.27. The summed E-state index contributed by atoms with van der Waals surface area (Å²) in [5.74, 6) is 0.652. The predicted molar refractivity (Wildman–Crippen MR) is 92.5 cm³/mol. The van der Waals surface area contributed by atoms with E-state index in [-0.39, 0.29) is 17.9 Å². The zero-order valence-corrected chi connectivity index (χ0v) is 14.2. The molecule has 0 unspecified atom stereocenters. The highest BCUT2D eigenvalue weighted by atomic mass is 16.2. The summed E-state index contributed by atoms with van der Waals surface area (Å²) in [6.45, 7) is 7.18. The lowest BCUT2D eigenvalue weighted by molar-refractivity contribution is -0.119. The summed E-state index contributed by atoms with van der Waals surface area (Å²) in [5, 5.41) is 3.01. The highest BCUT2D eigenvalue weighted by molar-refractivity contribution is 5.80. The maximum Gasteiger partial charge on any atom is 0.239 e. The van der Waals surface area contributed by atoms with Gasteiger partial charge in [-0.2, -0.15) is 0 Å². The standard InChI is InChI=1S/C18H24N4O/c1-14-6-5-7-15(10-14)18(2,3)13-21-17(23)12-22(4)16-11-19-8-9-20-16/h5-11H,12-13H2,1-4H3,(H,21,23). The molecule has 0 saturated heterocycles. The molecule has 2 rings (SSSR count). The number of aromatic nitrogens is 2. The van der Waals surface area contributed by atoms with Crippen LogP contribution < -0.4 is 10.2 Å². The SMILES string of the molecule is Cc1cccc(C(C)(C)CNC(=O)CN(C)c2cnccn2)c1. The summed E-state index contributed by atoms with van der Waals surface area (Å²) < 4.78 is 0. The number of hydrogen-bond acceptors (Lipinski definition) is 4. The largest absolute Gasteiger partial charge is 0.354 e. The molecule has 1 aromatic carbocycles. The molecule has 0 aliphatic carbocycles. The zero-order chi connectivity index (χ0) is 16.9. The van der Waals surface area contributed by atoms with Gasteiger partial charge < -0.3 is 10.2 Å². The summed E-state index contributed by atoms with van der Waals surface area (Å²) in [4.78, 5) is 22.1. The molecule has 1 heterocycles. The van der Waals surface area contributed by atoms with Gasteiger partial charge in [0.2, 0.25) is 5.91 Å². The van der Waals surface area contributed by atoms with Gasteiger partial charge >= 0.3 is 0 Å². The Morgan fingerprint density at radius 3 is 2.74 bits per heavy atom. The van der Waals surface area contributed by atoms with E-state index in [1.54, 1.807) is 23.5 Å². The third-order valence-corrected chi connectivity index (χ3v) is 3.85. The minimum atomic E-state index is -0.118. The second-order valence-corrected chi connectivity index (χ2v) is 6.45. The average molecular weight is 312 g/mol. The average Bonchev–Trinajstić information content (AvgIpc) is 2.54. The van der Waals surface area contributed by atoms with E-state index in [2.05, 4.69) is 60.3 Å². The number of hydrogen-bond donors (Lipinski definition) is 1. The number of benzene rings is 1. The van der Waals surface area contributed by atoms with Crippen LogP contribution in [-0.2, 0) is 10.2 Å². The van der Waals surface area contributed by atoms with E-state index in [0.717, 1.165) is 0 Å². The van der Waals surface area contributed by atoms with Crippen LogP contribution in [0.5, 0.6) is 0 Å². The van der Waals surface area contributed by atoms with Crippen LogP contribution in [0, 0.1) is 6.92 Å². The minimum absolute atomic E-state index is 0.0288. The van der Waals surface area contributed by atoms with Gasteiger partial charge in [-0.3, -0.25) is 9.78 Å². The second kappa shape index (κ2) is 7.22. The van der Waals surface area contributed by atoms with Gasteiger partial charge in [0.05, 0.1) is 12.7 Å². The molecule has 0 spiro atoms. The van der Waals surface area contributed by atoms with Crippen molar-refractivity contribution in [2.45, 2.75) is 26.2 Å². The summed E-state index contributed by atoms with van der Waals surface area (Å²) in [5.41, 5.74) is 2.33. The molecular formula is C18H24N4O. The Bertz CT molecular complexity index is 655. The first kappa shape index (κ1) is 16.9. The van der Waals surface area contributed by atoms with Gasteiger partial charge in [-0.05, 0) is 12.5 Å². The minimum Gasteiger partial charge on any atom is -0.354 e. The maximum atomic E-state index is 12.2. The van der Waals surface area contributed by atoms with E-state index in [9.17, 15) is 4.79 Å². The Morgan fingerprint density at radius 1 is 1.30 bits per heavy atom. The number of likely N-dealkylation sites (N-methyl/N-ethyl adjacent to an activating group) is 1. The first-order valence-corrected chi connectivity index (χ1v) is 7.69. The van der Waals surface area contributed by atoms with Crippen LogP contribution in [0.2, 0.25) is 0 Å². The van der Waals surface area contributed by atoms with E-state index >= 15 is 0 Å². The monoisotopic (exact) mass is 312 g/mol. The molecular weight excluding hydrogens is 288 g/mol. The Hall–Kier alpha value is -2.43. The van der Waals surface area contributed by atoms with E-state index in [4.69, 9.17) is 0 Å². The normalized spacial score (nSPS) is 11.1. The lowest BCUT2D eigenvalue weighted by atomic mass is 9.84. The number of nitrogens with one attached hydrogen (secondary N) is 1. The van der Waals surface area contributed by atoms with Gasteiger partial charge in [0.25, 0.3) is 0 Å². The topological polar surface area (TPSA) is 58.1 Å². The second-order valence-electron chi connectivity index (χ2n) is 6.45. The van der Waals surface area contributed by atoms with Crippen molar-refractivity contribution >= 4 is 11.7 Å². The fraction of sp³-hybridized carbons (Fsp3) is 0.389. The molecule has 1 N–H and O–H groups in total. The van der Waals surface area contributed by atoms with Crippen LogP contribution in [-0.4, -0.2) is 36.0 Å². The molecule has 1 aromatic heterocycles. The molecule has 23 heavy (non-hydrogen) atoms. The van der Waals surface area contributed by atoms with Gasteiger partial charge in [-0.15, -0.1) is 0 Å². The molecule has 5 nitrogen and oxygen atoms in total. The van der Waals surface area contributed by atoms with Crippen LogP contribution in [0.4, 0.5) is 5.82 Å². The van der Waals surface area contributed by atoms with Crippen molar-refractivity contribution in [3.8, 4) is 0 Å². The fourth-order valence-electron chi connectivity index (χ4n) is 2.33. The van der Waals surface area contributed by atoms with Gasteiger partial charge in [-0.1, -0.05) is 43.7 Å². The number of nitrogens with zero attached hydrogens (tertiary/aromatic N) is 3. The van der Waals surface area contributed by atoms with E-state index in [1.165, 1.54) is 11.1 Å². The number of aryl methyl sites for hydroxylation is 1. The third-order valence-electron chi connectivity index (χ3n) is 3.85. The van der Waals surface area contributed by atoms with Crippen molar-refractivity contribution < 1.29 is 4.79 Å². The molecule has 0 saturated carbocycles. The van der Waals surface area contributed by atoms with Crippen LogP contribution in [0.3, 0.4) is 0 Å². The van der Waals surface area contributed by atoms with Crippen molar-refractivity contribution in [2.75, 3.05) is 25.0 Å². The van der Waals surface area contributed by atoms with Gasteiger partial charge in [0.15, 0.2) is 0 Å². The molecule has 2 aromatic rings. The highest BCUT2D eigenvalue weighted by Gasteiger charge is 2.21. The molecule has 0 aliphatic rings. The first-order chi connectivity index (χ1) is 10.9. The number of carbonyl (C=O) groups excluding carboxylic acids is 1. The van der Waals surface area contributed by atoms with E-state index in [0.29, 0.717) is 12.4 Å². The fourth-order valence-corrected chi connectivity index (χ4v) is 2.33. The lowest BCUT2D eigenvalue weighted by Crippen LogP contribution is -2.41. The predicted octanol–water partition coefficient (Wildman–Crippen LogP) is 2.32. The molecule has 0 fully saturated rings. The number of anilines is 1. The Morgan fingerprint density at radius 2 is 2.09 bits per heavy atom. The molecule has 0 bridgehead atoms. The van der Waals surface area contributed by atoms with Gasteiger partial charge in [0, 0.05) is 31.4 Å². The number of rotatable bonds is 6. The van der Waals surface area contributed by atoms with Gasteiger partial charge in [0.1, 0.15) is 5.82 Å². The van der Waals surface area contributed by atoms with Crippen LogP contribution >= 0.6 is 0 Å². The smallest absolute Gasteiger partial charge is 0.239 e. The van der Waals surface area contributed by atoms with Crippen LogP contribution in [0.1, 0.15) is 25.0 Å². The Kier molecular flexibility index (Phi) is 5.32. The Balaban J connectivity index is 1.91. The van der Waals surface area contributed by atoms with E-state index in [1.807, 2.05) is 7.05 Å². The third kappa shape index (κ3) is 4.77. The summed E-state index contributed by atoms with van der Waals surface area (Å²) in [7, 11) is 1.83.